The fraction of sp³-hybridized carbons (Fsp3) is 0.875. The summed E-state index contributed by atoms with van der Waals surface area (Å²) in [5.41, 5.74) is -0.789. The number of ether oxygens (including phenoxy) is 1. The van der Waals surface area contributed by atoms with Crippen molar-refractivity contribution in [3.8, 4) is 0 Å². The molecule has 122 valence electrons. The first kappa shape index (κ1) is 18.0. The molecule has 5 nitrogen and oxygen atoms in total. The van der Waals surface area contributed by atoms with Crippen molar-refractivity contribution >= 4 is 11.8 Å². The first-order chi connectivity index (χ1) is 9.82. The van der Waals surface area contributed by atoms with Crippen LogP contribution in [0.25, 0.3) is 0 Å². The quantitative estimate of drug-likeness (QED) is 0.781. The predicted molar refractivity (Wildman–Crippen MR) is 82.9 cm³/mol. The molecule has 0 aromatic carbocycles. The molecule has 2 amide bonds. The van der Waals surface area contributed by atoms with Gasteiger partial charge in [-0.15, -0.1) is 0 Å². The van der Waals surface area contributed by atoms with Crippen LogP contribution in [0.5, 0.6) is 0 Å². The highest BCUT2D eigenvalue weighted by atomic mass is 16.5. The van der Waals surface area contributed by atoms with Gasteiger partial charge in [-0.05, 0) is 32.6 Å². The first-order valence-corrected chi connectivity index (χ1v) is 7.96. The normalized spacial score (nSPS) is 29.2. The molecule has 4 atom stereocenters. The number of methoxy groups -OCH3 is 1. The second-order valence-electron chi connectivity index (χ2n) is 6.35. The third kappa shape index (κ3) is 3.57. The number of amides is 2. The van der Waals surface area contributed by atoms with E-state index in [2.05, 4.69) is 5.32 Å². The molecule has 1 fully saturated rings. The van der Waals surface area contributed by atoms with Gasteiger partial charge in [0.2, 0.25) is 11.8 Å². The van der Waals surface area contributed by atoms with Crippen LogP contribution in [0.4, 0.5) is 0 Å². The van der Waals surface area contributed by atoms with Crippen LogP contribution < -0.4 is 5.32 Å². The van der Waals surface area contributed by atoms with Crippen LogP contribution in [0, 0.1) is 5.92 Å². The Hall–Kier alpha value is -1.10. The topological polar surface area (TPSA) is 58.6 Å². The Morgan fingerprint density at radius 2 is 1.95 bits per heavy atom. The summed E-state index contributed by atoms with van der Waals surface area (Å²) in [4.78, 5) is 27.3. The largest absolute Gasteiger partial charge is 0.385 e. The molecule has 0 bridgehead atoms. The molecule has 1 rings (SSSR count). The van der Waals surface area contributed by atoms with Gasteiger partial charge in [0.15, 0.2) is 0 Å². The maximum atomic E-state index is 12.9. The fourth-order valence-electron chi connectivity index (χ4n) is 2.83. The fourth-order valence-corrected chi connectivity index (χ4v) is 2.83. The van der Waals surface area contributed by atoms with Gasteiger partial charge in [-0.25, -0.2) is 0 Å². The van der Waals surface area contributed by atoms with Gasteiger partial charge in [0.05, 0.1) is 0 Å². The number of rotatable bonds is 7. The summed E-state index contributed by atoms with van der Waals surface area (Å²) < 4.78 is 5.13. The maximum Gasteiger partial charge on any atom is 0.248 e. The van der Waals surface area contributed by atoms with Gasteiger partial charge in [-0.3, -0.25) is 9.59 Å². The van der Waals surface area contributed by atoms with Gasteiger partial charge < -0.3 is 15.0 Å². The van der Waals surface area contributed by atoms with Crippen LogP contribution in [0.1, 0.15) is 53.9 Å². The summed E-state index contributed by atoms with van der Waals surface area (Å²) in [5.74, 6) is 0.136. The van der Waals surface area contributed by atoms with E-state index in [0.29, 0.717) is 13.0 Å². The molecule has 0 aromatic rings. The minimum atomic E-state index is -0.789. The third-order valence-electron chi connectivity index (χ3n) is 4.78. The number of piperazine rings is 1. The Morgan fingerprint density at radius 1 is 1.33 bits per heavy atom. The van der Waals surface area contributed by atoms with Crippen LogP contribution in [-0.2, 0) is 14.3 Å². The van der Waals surface area contributed by atoms with E-state index in [1.807, 2.05) is 34.6 Å². The standard InChI is InChI=1S/C16H30N2O3/c1-7-11(3)13-14(19)17-16(5,8-2)15(20)18(13)12(4)9-10-21-6/h11-13H,7-10H2,1-6H3,(H,17,19). The van der Waals surface area contributed by atoms with Gasteiger partial charge in [-0.1, -0.05) is 27.2 Å². The lowest BCUT2D eigenvalue weighted by Crippen LogP contribution is -2.71. The van der Waals surface area contributed by atoms with E-state index in [4.69, 9.17) is 4.74 Å². The van der Waals surface area contributed by atoms with Crippen LogP contribution in [0.2, 0.25) is 0 Å². The zero-order valence-corrected chi connectivity index (χ0v) is 14.2. The molecule has 21 heavy (non-hydrogen) atoms. The van der Waals surface area contributed by atoms with E-state index in [-0.39, 0.29) is 29.8 Å². The van der Waals surface area contributed by atoms with Gasteiger partial charge in [0, 0.05) is 19.8 Å². The SMILES string of the molecule is CCC(C)C1C(=O)NC(C)(CC)C(=O)N1C(C)CCOC. The molecule has 1 saturated heterocycles. The summed E-state index contributed by atoms with van der Waals surface area (Å²) in [7, 11) is 1.65. The summed E-state index contributed by atoms with van der Waals surface area (Å²) in [6.45, 7) is 10.4. The number of nitrogens with one attached hydrogen (secondary N) is 1. The molecule has 0 radical (unpaired) electrons. The number of hydrogen-bond acceptors (Lipinski definition) is 3. The summed E-state index contributed by atoms with van der Waals surface area (Å²) >= 11 is 0. The van der Waals surface area contributed by atoms with E-state index in [0.717, 1.165) is 12.8 Å². The lowest BCUT2D eigenvalue weighted by atomic mass is 9.85. The highest BCUT2D eigenvalue weighted by Gasteiger charge is 2.49. The number of hydrogen-bond donors (Lipinski definition) is 1. The van der Waals surface area contributed by atoms with Crippen molar-refractivity contribution in [2.24, 2.45) is 5.92 Å². The highest BCUT2D eigenvalue weighted by Crippen LogP contribution is 2.29. The maximum absolute atomic E-state index is 12.9. The molecule has 0 aromatic heterocycles. The van der Waals surface area contributed by atoms with Gasteiger partial charge >= 0.3 is 0 Å². The van der Waals surface area contributed by atoms with Crippen LogP contribution in [-0.4, -0.2) is 48.1 Å². The van der Waals surface area contributed by atoms with Gasteiger partial charge in [0.25, 0.3) is 0 Å². The molecule has 5 heteroatoms. The average molecular weight is 298 g/mol. The lowest BCUT2D eigenvalue weighted by molar-refractivity contribution is -0.159. The molecule has 1 aliphatic heterocycles. The Morgan fingerprint density at radius 3 is 2.43 bits per heavy atom. The second-order valence-corrected chi connectivity index (χ2v) is 6.35. The van der Waals surface area contributed by atoms with Crippen molar-refractivity contribution in [3.05, 3.63) is 0 Å². The van der Waals surface area contributed by atoms with E-state index in [9.17, 15) is 9.59 Å². The van der Waals surface area contributed by atoms with E-state index < -0.39 is 5.54 Å². The van der Waals surface area contributed by atoms with Crippen molar-refractivity contribution in [2.75, 3.05) is 13.7 Å². The molecule has 4 unspecified atom stereocenters. The minimum Gasteiger partial charge on any atom is -0.385 e. The number of carbonyl (C=O) groups is 2. The Kier molecular flexibility index (Phi) is 6.20. The average Bonchev–Trinajstić information content (AvgIpc) is 2.47. The molecule has 0 spiro atoms. The second kappa shape index (κ2) is 7.25. The van der Waals surface area contributed by atoms with Crippen LogP contribution >= 0.6 is 0 Å². The third-order valence-corrected chi connectivity index (χ3v) is 4.78. The zero-order chi connectivity index (χ0) is 16.2. The zero-order valence-electron chi connectivity index (χ0n) is 14.2. The van der Waals surface area contributed by atoms with Crippen molar-refractivity contribution < 1.29 is 14.3 Å². The summed E-state index contributed by atoms with van der Waals surface area (Å²) in [6.07, 6.45) is 2.20. The first-order valence-electron chi connectivity index (χ1n) is 7.96. The molecular formula is C16H30N2O3. The lowest BCUT2D eigenvalue weighted by Gasteiger charge is -2.48. The molecular weight excluding hydrogens is 268 g/mol. The minimum absolute atomic E-state index is 0.00613. The van der Waals surface area contributed by atoms with E-state index >= 15 is 0 Å². The summed E-state index contributed by atoms with van der Waals surface area (Å²) in [5, 5.41) is 2.94. The molecule has 1 heterocycles. The van der Waals surface area contributed by atoms with Crippen molar-refractivity contribution in [2.45, 2.75) is 71.5 Å². The van der Waals surface area contributed by atoms with Gasteiger partial charge in [0.1, 0.15) is 11.6 Å². The smallest absolute Gasteiger partial charge is 0.248 e. The Bertz CT molecular complexity index is 386. The molecule has 0 aliphatic carbocycles. The predicted octanol–water partition coefficient (Wildman–Crippen LogP) is 1.95. The van der Waals surface area contributed by atoms with Crippen molar-refractivity contribution in [3.63, 3.8) is 0 Å². The van der Waals surface area contributed by atoms with Gasteiger partial charge in [-0.2, -0.15) is 0 Å². The molecule has 1 N–H and O–H groups in total. The Labute approximate surface area is 128 Å². The van der Waals surface area contributed by atoms with E-state index in [1.165, 1.54) is 0 Å². The van der Waals surface area contributed by atoms with E-state index in [1.54, 1.807) is 12.0 Å². The molecule has 0 saturated carbocycles. The van der Waals surface area contributed by atoms with Crippen molar-refractivity contribution in [1.29, 1.82) is 0 Å². The van der Waals surface area contributed by atoms with Crippen LogP contribution in [0.15, 0.2) is 0 Å². The number of nitrogens with zero attached hydrogens (tertiary/aromatic N) is 1. The summed E-state index contributed by atoms with van der Waals surface area (Å²) in [6, 6.07) is -0.387. The van der Waals surface area contributed by atoms with Crippen LogP contribution in [0.3, 0.4) is 0 Å². The molecule has 1 aliphatic rings. The highest BCUT2D eigenvalue weighted by molar-refractivity contribution is 5.99. The number of carbonyl (C=O) groups excluding carboxylic acids is 2. The monoisotopic (exact) mass is 298 g/mol. The van der Waals surface area contributed by atoms with Crippen molar-refractivity contribution in [1.82, 2.24) is 10.2 Å². The Balaban J connectivity index is 3.11.